The van der Waals surface area contributed by atoms with Crippen molar-refractivity contribution in [3.63, 3.8) is 0 Å². The van der Waals surface area contributed by atoms with Crippen molar-refractivity contribution in [2.75, 3.05) is 7.11 Å². The lowest BCUT2D eigenvalue weighted by molar-refractivity contribution is -0.142. The second-order valence-electron chi connectivity index (χ2n) is 3.53. The van der Waals surface area contributed by atoms with Gasteiger partial charge in [0.25, 0.3) is 0 Å². The number of ether oxygens (including phenoxy) is 1. The molecule has 0 heterocycles. The molecular formula is C13H15NO3S. The van der Waals surface area contributed by atoms with Gasteiger partial charge in [-0.1, -0.05) is 5.92 Å². The van der Waals surface area contributed by atoms with Crippen LogP contribution in [-0.4, -0.2) is 23.3 Å². The summed E-state index contributed by atoms with van der Waals surface area (Å²) in [5.41, 5.74) is 0.860. The predicted molar refractivity (Wildman–Crippen MR) is 70.0 cm³/mol. The van der Waals surface area contributed by atoms with E-state index in [1.165, 1.54) is 7.11 Å². The standard InChI is InChI=1S/C13H15NO3S/c1-4-5-11-6-8-12(9-7-11)18(16)14-10(2)13(15)17-3/h6-10,14H,1-3H3/t10-,18?/m1/s1. The number of hydrogen-bond donors (Lipinski definition) is 1. The lowest BCUT2D eigenvalue weighted by atomic mass is 10.2. The monoisotopic (exact) mass is 265 g/mol. The molecule has 0 radical (unpaired) electrons. The predicted octanol–water partition coefficient (Wildman–Crippen LogP) is 1.23. The number of hydrogen-bond acceptors (Lipinski definition) is 3. The lowest BCUT2D eigenvalue weighted by Gasteiger charge is -2.10. The number of benzene rings is 1. The van der Waals surface area contributed by atoms with Crippen molar-refractivity contribution in [3.05, 3.63) is 29.8 Å². The van der Waals surface area contributed by atoms with Crippen LogP contribution in [0, 0.1) is 11.8 Å². The van der Waals surface area contributed by atoms with Gasteiger partial charge in [0, 0.05) is 5.56 Å². The number of nitrogens with one attached hydrogen (secondary N) is 1. The molecule has 0 bridgehead atoms. The van der Waals surface area contributed by atoms with Gasteiger partial charge in [0.2, 0.25) is 0 Å². The molecule has 0 aromatic heterocycles. The van der Waals surface area contributed by atoms with Crippen LogP contribution in [-0.2, 0) is 20.5 Å². The van der Waals surface area contributed by atoms with E-state index in [4.69, 9.17) is 0 Å². The summed E-state index contributed by atoms with van der Waals surface area (Å²) in [5.74, 6) is 5.24. The first-order chi connectivity index (χ1) is 8.58. The van der Waals surface area contributed by atoms with Gasteiger partial charge in [-0.15, -0.1) is 5.92 Å². The van der Waals surface area contributed by atoms with Crippen molar-refractivity contribution < 1.29 is 13.7 Å². The Balaban J connectivity index is 2.72. The van der Waals surface area contributed by atoms with Crippen LogP contribution in [0.5, 0.6) is 0 Å². The molecule has 1 N–H and O–H groups in total. The maximum absolute atomic E-state index is 11.9. The Labute approximate surface area is 109 Å². The minimum Gasteiger partial charge on any atom is -0.468 e. The van der Waals surface area contributed by atoms with E-state index in [2.05, 4.69) is 21.3 Å². The molecule has 2 atom stereocenters. The molecule has 96 valence electrons. The van der Waals surface area contributed by atoms with Gasteiger partial charge >= 0.3 is 5.97 Å². The smallest absolute Gasteiger partial charge is 0.323 e. The number of carbonyl (C=O) groups is 1. The van der Waals surface area contributed by atoms with Crippen LogP contribution >= 0.6 is 0 Å². The van der Waals surface area contributed by atoms with Crippen LogP contribution < -0.4 is 4.72 Å². The minimum absolute atomic E-state index is 0.447. The average Bonchev–Trinajstić information content (AvgIpc) is 2.38. The summed E-state index contributed by atoms with van der Waals surface area (Å²) in [4.78, 5) is 11.8. The second-order valence-corrected chi connectivity index (χ2v) is 4.78. The Bertz CT molecular complexity index is 499. The van der Waals surface area contributed by atoms with Gasteiger partial charge in [-0.05, 0) is 38.1 Å². The van der Waals surface area contributed by atoms with Crippen molar-refractivity contribution >= 4 is 17.0 Å². The maximum Gasteiger partial charge on any atom is 0.323 e. The summed E-state index contributed by atoms with van der Waals surface area (Å²) in [7, 11) is -0.154. The van der Waals surface area contributed by atoms with Crippen molar-refractivity contribution in [2.24, 2.45) is 0 Å². The van der Waals surface area contributed by atoms with E-state index in [0.29, 0.717) is 4.90 Å². The Morgan fingerprint density at radius 2 is 2.00 bits per heavy atom. The first-order valence-electron chi connectivity index (χ1n) is 5.37. The molecule has 4 nitrogen and oxygen atoms in total. The highest BCUT2D eigenvalue weighted by molar-refractivity contribution is 7.83. The molecule has 5 heteroatoms. The summed E-state index contributed by atoms with van der Waals surface area (Å²) < 4.78 is 19.1. The fourth-order valence-corrected chi connectivity index (χ4v) is 2.20. The summed E-state index contributed by atoms with van der Waals surface area (Å²) >= 11 is 0. The van der Waals surface area contributed by atoms with Gasteiger partial charge in [0.05, 0.1) is 12.0 Å². The van der Waals surface area contributed by atoms with Crippen LogP contribution in [0.4, 0.5) is 0 Å². The third kappa shape index (κ3) is 3.99. The van der Waals surface area contributed by atoms with E-state index in [0.717, 1.165) is 5.56 Å². The highest BCUT2D eigenvalue weighted by Crippen LogP contribution is 2.07. The average molecular weight is 265 g/mol. The van der Waals surface area contributed by atoms with E-state index in [9.17, 15) is 9.00 Å². The maximum atomic E-state index is 11.9. The normalized spacial score (nSPS) is 13.1. The molecule has 18 heavy (non-hydrogen) atoms. The van der Waals surface area contributed by atoms with Gasteiger partial charge in [0.15, 0.2) is 0 Å². The van der Waals surface area contributed by atoms with Crippen LogP contribution in [0.3, 0.4) is 0 Å². The largest absolute Gasteiger partial charge is 0.468 e. The minimum atomic E-state index is -1.45. The summed E-state index contributed by atoms with van der Waals surface area (Å²) in [5, 5.41) is 0. The molecule has 0 aliphatic rings. The number of methoxy groups -OCH3 is 1. The second kappa shape index (κ2) is 6.94. The Kier molecular flexibility index (Phi) is 5.56. The Morgan fingerprint density at radius 1 is 1.39 bits per heavy atom. The quantitative estimate of drug-likeness (QED) is 0.658. The van der Waals surface area contributed by atoms with Gasteiger partial charge in [-0.25, -0.2) is 8.93 Å². The summed E-state index contributed by atoms with van der Waals surface area (Å²) in [6.07, 6.45) is 0. The number of rotatable bonds is 4. The first kappa shape index (κ1) is 14.4. The Hall–Kier alpha value is -1.64. The summed E-state index contributed by atoms with van der Waals surface area (Å²) in [6.45, 7) is 3.35. The van der Waals surface area contributed by atoms with Crippen LogP contribution in [0.25, 0.3) is 0 Å². The molecule has 1 aromatic carbocycles. The van der Waals surface area contributed by atoms with Crippen molar-refractivity contribution in [3.8, 4) is 11.8 Å². The molecule has 0 aliphatic carbocycles. The third-order valence-corrected chi connectivity index (χ3v) is 3.44. The van der Waals surface area contributed by atoms with Crippen molar-refractivity contribution in [1.82, 2.24) is 4.72 Å². The zero-order valence-corrected chi connectivity index (χ0v) is 11.3. The van der Waals surface area contributed by atoms with E-state index in [1.807, 2.05) is 0 Å². The SMILES string of the molecule is CC#Cc1ccc(S(=O)N[C@H](C)C(=O)OC)cc1. The highest BCUT2D eigenvalue weighted by atomic mass is 32.2. The molecule has 1 unspecified atom stereocenters. The zero-order chi connectivity index (χ0) is 13.5. The summed E-state index contributed by atoms with van der Waals surface area (Å²) in [6, 6.07) is 6.38. The van der Waals surface area contributed by atoms with E-state index in [1.54, 1.807) is 38.1 Å². The van der Waals surface area contributed by atoms with Gasteiger partial charge in [-0.2, -0.15) is 0 Å². The molecule has 1 aromatic rings. The number of carbonyl (C=O) groups excluding carboxylic acids is 1. The first-order valence-corrected chi connectivity index (χ1v) is 6.52. The fraction of sp³-hybridized carbons (Fsp3) is 0.308. The fourth-order valence-electron chi connectivity index (χ4n) is 1.26. The third-order valence-electron chi connectivity index (χ3n) is 2.18. The molecule has 0 spiro atoms. The molecule has 0 amide bonds. The molecule has 1 rings (SSSR count). The van der Waals surface area contributed by atoms with Gasteiger partial charge in [0.1, 0.15) is 17.0 Å². The number of esters is 1. The molecule has 0 aliphatic heterocycles. The van der Waals surface area contributed by atoms with Crippen LogP contribution in [0.15, 0.2) is 29.2 Å². The van der Waals surface area contributed by atoms with Crippen LogP contribution in [0.1, 0.15) is 19.4 Å². The van der Waals surface area contributed by atoms with Crippen molar-refractivity contribution in [1.29, 1.82) is 0 Å². The molecule has 0 fully saturated rings. The van der Waals surface area contributed by atoms with Gasteiger partial charge < -0.3 is 4.74 Å². The molecule has 0 saturated carbocycles. The highest BCUT2D eigenvalue weighted by Gasteiger charge is 2.16. The molecular weight excluding hydrogens is 250 g/mol. The lowest BCUT2D eigenvalue weighted by Crippen LogP contribution is -2.36. The van der Waals surface area contributed by atoms with Crippen molar-refractivity contribution in [2.45, 2.75) is 24.8 Å². The van der Waals surface area contributed by atoms with Crippen LogP contribution in [0.2, 0.25) is 0 Å². The van der Waals surface area contributed by atoms with E-state index in [-0.39, 0.29) is 0 Å². The topological polar surface area (TPSA) is 55.4 Å². The van der Waals surface area contributed by atoms with E-state index >= 15 is 0 Å². The zero-order valence-electron chi connectivity index (χ0n) is 10.5. The van der Waals surface area contributed by atoms with Gasteiger partial charge in [-0.3, -0.25) is 4.79 Å². The van der Waals surface area contributed by atoms with E-state index < -0.39 is 23.0 Å². The molecule has 0 saturated heterocycles. The Morgan fingerprint density at radius 3 is 2.50 bits per heavy atom.